The van der Waals surface area contributed by atoms with Crippen molar-refractivity contribution in [2.45, 2.75) is 52.0 Å². The zero-order valence-corrected chi connectivity index (χ0v) is 29.0. The van der Waals surface area contributed by atoms with Crippen molar-refractivity contribution in [1.29, 1.82) is 0 Å². The molecule has 2 atom stereocenters. The number of hydrogen-bond acceptors (Lipinski definition) is 12. The number of alkyl carbamates (subject to hydrolysis) is 2. The molecule has 1 aliphatic heterocycles. The van der Waals surface area contributed by atoms with E-state index >= 15 is 0 Å². The number of methoxy groups -OCH3 is 1. The Morgan fingerprint density at radius 2 is 1.37 bits per heavy atom. The number of benzene rings is 3. The number of allylic oxidation sites excluding steroid dienone is 2. The number of ether oxygens (including phenoxy) is 5. The number of aliphatic hydroxyl groups is 2. The molecule has 52 heavy (non-hydrogen) atoms. The van der Waals surface area contributed by atoms with E-state index in [0.717, 1.165) is 11.1 Å². The van der Waals surface area contributed by atoms with Crippen LogP contribution in [0.2, 0.25) is 0 Å². The van der Waals surface area contributed by atoms with E-state index < -0.39 is 36.7 Å². The Morgan fingerprint density at radius 1 is 0.827 bits per heavy atom. The lowest BCUT2D eigenvalue weighted by Crippen LogP contribution is -2.39. The molecule has 0 saturated carbocycles. The van der Waals surface area contributed by atoms with Crippen LogP contribution in [0.5, 0.6) is 17.2 Å². The quantitative estimate of drug-likeness (QED) is 0.160. The molecule has 2 aliphatic rings. The molecule has 0 bridgehead atoms. The minimum atomic E-state index is -0.752. The summed E-state index contributed by atoms with van der Waals surface area (Å²) in [7, 11) is 1.32. The van der Waals surface area contributed by atoms with Crippen molar-refractivity contribution < 1.29 is 58.2 Å². The molecule has 276 valence electrons. The molecule has 0 fully saturated rings. The van der Waals surface area contributed by atoms with E-state index in [2.05, 4.69) is 10.6 Å². The van der Waals surface area contributed by atoms with Gasteiger partial charge in [-0.05, 0) is 50.0 Å². The van der Waals surface area contributed by atoms with Gasteiger partial charge in [0.1, 0.15) is 19.0 Å². The molecule has 14 heteroatoms. The number of ketones is 2. The average Bonchev–Trinajstić information content (AvgIpc) is 3.63. The van der Waals surface area contributed by atoms with Crippen LogP contribution in [-0.4, -0.2) is 78.3 Å². The molecular weight excluding hydrogens is 676 g/mol. The highest BCUT2D eigenvalue weighted by molar-refractivity contribution is 6.21. The zero-order chi connectivity index (χ0) is 37.6. The zero-order valence-electron chi connectivity index (χ0n) is 29.0. The molecule has 0 unspecified atom stereocenters. The fourth-order valence-electron chi connectivity index (χ4n) is 5.36. The summed E-state index contributed by atoms with van der Waals surface area (Å²) in [5.74, 6) is 0.365. The van der Waals surface area contributed by atoms with Crippen LogP contribution < -0.4 is 20.1 Å². The van der Waals surface area contributed by atoms with Crippen molar-refractivity contribution in [2.24, 2.45) is 0 Å². The molecule has 3 aromatic carbocycles. The number of phenolic OH excluding ortho intramolecular Hbond substituents is 1. The van der Waals surface area contributed by atoms with Crippen LogP contribution in [-0.2, 0) is 43.4 Å². The number of fused-ring (bicyclic) bond motifs is 1. The maximum atomic E-state index is 12.3. The third kappa shape index (κ3) is 10.6. The van der Waals surface area contributed by atoms with Gasteiger partial charge >= 0.3 is 12.2 Å². The van der Waals surface area contributed by atoms with E-state index in [1.54, 1.807) is 13.0 Å². The van der Waals surface area contributed by atoms with Crippen LogP contribution >= 0.6 is 0 Å². The SMILES string of the molecule is COC1=C(C)C(=O)C(C[C@@H](CO)NC(=O)OCc2ccccc2)=CC1=O.Cc1c(O)c(C[C@@H](CO)NC(=O)OCc2ccccc2)cc2c1OCO2. The molecule has 0 aromatic heterocycles. The molecule has 1 aliphatic carbocycles. The minimum absolute atomic E-state index is 0.00882. The first-order valence-electron chi connectivity index (χ1n) is 16.4. The van der Waals surface area contributed by atoms with E-state index in [9.17, 15) is 34.5 Å². The van der Waals surface area contributed by atoms with E-state index in [1.165, 1.54) is 20.1 Å². The third-order valence-electron chi connectivity index (χ3n) is 8.10. The first-order chi connectivity index (χ1) is 25.0. The van der Waals surface area contributed by atoms with E-state index in [-0.39, 0.29) is 67.9 Å². The standard InChI is InChI=1S/2C19H21NO6/c1-12-17(22)14(8-16-18(12)26-11-25-16)7-15(9-21)20-19(23)24-10-13-5-3-2-4-6-13;1-12-17(23)14(9-16(22)18(12)25-2)8-15(10-21)20-19(24)26-11-13-6-4-3-5-7-13/h2-6,8,15,21-22H,7,9-11H2,1H3,(H,20,23);3-7,9,15,21H,8,10-11H2,1-2H3,(H,20,24)/t2*15-/m00/s1. The lowest BCUT2D eigenvalue weighted by molar-refractivity contribution is -0.118. The lowest BCUT2D eigenvalue weighted by Gasteiger charge is -2.20. The van der Waals surface area contributed by atoms with Crippen molar-refractivity contribution in [3.05, 3.63) is 112 Å². The summed E-state index contributed by atoms with van der Waals surface area (Å²) in [6.07, 6.45) is 0.0574. The molecule has 2 amide bonds. The predicted octanol–water partition coefficient (Wildman–Crippen LogP) is 3.92. The Bertz CT molecular complexity index is 1790. The molecule has 14 nitrogen and oxygen atoms in total. The van der Waals surface area contributed by atoms with Crippen molar-refractivity contribution >= 4 is 23.8 Å². The number of hydrogen-bond donors (Lipinski definition) is 5. The predicted molar refractivity (Wildman–Crippen MR) is 186 cm³/mol. The molecule has 0 saturated heterocycles. The summed E-state index contributed by atoms with van der Waals surface area (Å²) in [6, 6.07) is 18.7. The van der Waals surface area contributed by atoms with E-state index in [1.807, 2.05) is 60.7 Å². The van der Waals surface area contributed by atoms with Gasteiger partial charge in [0.15, 0.2) is 23.0 Å². The van der Waals surface area contributed by atoms with Crippen LogP contribution in [0.1, 0.15) is 35.6 Å². The largest absolute Gasteiger partial charge is 0.507 e. The van der Waals surface area contributed by atoms with Crippen molar-refractivity contribution in [3.8, 4) is 17.2 Å². The summed E-state index contributed by atoms with van der Waals surface area (Å²) >= 11 is 0. The van der Waals surface area contributed by atoms with Gasteiger partial charge in [-0.3, -0.25) is 9.59 Å². The number of Topliss-reactive ketones (excluding diaryl/α,β-unsaturated/α-hetero) is 1. The Hall–Kier alpha value is -5.86. The second kappa shape index (κ2) is 18.9. The Labute approximate surface area is 300 Å². The van der Waals surface area contributed by atoms with Gasteiger partial charge in [-0.1, -0.05) is 60.7 Å². The minimum Gasteiger partial charge on any atom is -0.507 e. The lowest BCUT2D eigenvalue weighted by atomic mass is 9.91. The average molecular weight is 719 g/mol. The van der Waals surface area contributed by atoms with Crippen molar-refractivity contribution in [2.75, 3.05) is 27.1 Å². The Kier molecular flexibility index (Phi) is 14.2. The Morgan fingerprint density at radius 3 is 1.88 bits per heavy atom. The Balaban J connectivity index is 0.000000233. The molecule has 3 aromatic rings. The van der Waals surface area contributed by atoms with Crippen LogP contribution in [0.4, 0.5) is 9.59 Å². The molecule has 5 rings (SSSR count). The van der Waals surface area contributed by atoms with Gasteiger partial charge in [-0.25, -0.2) is 9.59 Å². The highest BCUT2D eigenvalue weighted by atomic mass is 16.7. The summed E-state index contributed by atoms with van der Waals surface area (Å²) < 4.78 is 25.8. The number of amides is 2. The van der Waals surface area contributed by atoms with E-state index in [4.69, 9.17) is 23.7 Å². The summed E-state index contributed by atoms with van der Waals surface area (Å²) in [5.41, 5.74) is 3.22. The monoisotopic (exact) mass is 718 g/mol. The topological polar surface area (TPSA) is 199 Å². The number of carbonyl (C=O) groups is 4. The van der Waals surface area contributed by atoms with Crippen LogP contribution in [0, 0.1) is 6.92 Å². The van der Waals surface area contributed by atoms with E-state index in [0.29, 0.717) is 22.6 Å². The molecule has 1 heterocycles. The molecule has 0 spiro atoms. The summed E-state index contributed by atoms with van der Waals surface area (Å²) in [6.45, 7) is 2.85. The van der Waals surface area contributed by atoms with Gasteiger partial charge in [0.2, 0.25) is 12.6 Å². The number of aliphatic hydroxyl groups excluding tert-OH is 2. The number of phenols is 1. The fraction of sp³-hybridized carbons (Fsp3) is 0.316. The highest BCUT2D eigenvalue weighted by Crippen LogP contribution is 2.42. The number of nitrogens with one attached hydrogen (secondary N) is 2. The number of carbonyl (C=O) groups excluding carboxylic acids is 4. The number of aromatic hydroxyl groups is 1. The fourth-order valence-corrected chi connectivity index (χ4v) is 5.36. The number of rotatable bonds is 13. The van der Waals surface area contributed by atoms with Gasteiger partial charge in [0.05, 0.1) is 32.4 Å². The van der Waals surface area contributed by atoms with Crippen LogP contribution in [0.25, 0.3) is 0 Å². The normalized spacial score (nSPS) is 14.4. The summed E-state index contributed by atoms with van der Waals surface area (Å²) in [4.78, 5) is 48.1. The van der Waals surface area contributed by atoms with Gasteiger partial charge < -0.3 is 49.6 Å². The highest BCUT2D eigenvalue weighted by Gasteiger charge is 2.29. The maximum absolute atomic E-state index is 12.3. The molecule has 5 N–H and O–H groups in total. The second-order valence-electron chi connectivity index (χ2n) is 11.8. The third-order valence-corrected chi connectivity index (χ3v) is 8.10. The maximum Gasteiger partial charge on any atom is 0.407 e. The molecule has 0 radical (unpaired) electrons. The van der Waals surface area contributed by atoms with Gasteiger partial charge in [0, 0.05) is 22.3 Å². The van der Waals surface area contributed by atoms with Gasteiger partial charge in [0.25, 0.3) is 0 Å². The first kappa shape index (κ1) is 38.9. The second-order valence-corrected chi connectivity index (χ2v) is 11.8. The van der Waals surface area contributed by atoms with Crippen molar-refractivity contribution in [3.63, 3.8) is 0 Å². The summed E-state index contributed by atoms with van der Waals surface area (Å²) in [5, 5.41) is 34.5. The van der Waals surface area contributed by atoms with Crippen molar-refractivity contribution in [1.82, 2.24) is 10.6 Å². The van der Waals surface area contributed by atoms with Crippen LogP contribution in [0.3, 0.4) is 0 Å². The van der Waals surface area contributed by atoms with Gasteiger partial charge in [-0.2, -0.15) is 0 Å². The van der Waals surface area contributed by atoms with Crippen LogP contribution in [0.15, 0.2) is 89.7 Å². The molecular formula is C38H42N2O12. The smallest absolute Gasteiger partial charge is 0.407 e. The van der Waals surface area contributed by atoms with Gasteiger partial charge in [-0.15, -0.1) is 0 Å². The first-order valence-corrected chi connectivity index (χ1v) is 16.4.